The zero-order valence-corrected chi connectivity index (χ0v) is 12.7. The molecule has 2 aromatic rings. The molecule has 0 aromatic heterocycles. The van der Waals surface area contributed by atoms with Crippen molar-refractivity contribution in [3.8, 4) is 5.75 Å². The van der Waals surface area contributed by atoms with Crippen LogP contribution in [0, 0.1) is 0 Å². The van der Waals surface area contributed by atoms with E-state index in [1.165, 1.54) is 0 Å². The Morgan fingerprint density at radius 1 is 1.30 bits per heavy atom. The van der Waals surface area contributed by atoms with Crippen molar-refractivity contribution in [2.24, 2.45) is 10.9 Å². The minimum atomic E-state index is -0.0835. The van der Waals surface area contributed by atoms with Gasteiger partial charge in [-0.1, -0.05) is 50.9 Å². The zero-order valence-electron chi connectivity index (χ0n) is 10.4. The van der Waals surface area contributed by atoms with Gasteiger partial charge in [0.05, 0.1) is 10.6 Å². The van der Waals surface area contributed by atoms with Crippen molar-refractivity contribution in [1.29, 1.82) is 0 Å². The Kier molecular flexibility index (Phi) is 4.87. The van der Waals surface area contributed by atoms with Crippen molar-refractivity contribution in [2.45, 2.75) is 6.61 Å². The van der Waals surface area contributed by atoms with Gasteiger partial charge in [-0.25, -0.2) is 0 Å². The maximum atomic E-state index is 8.80. The summed E-state index contributed by atoms with van der Waals surface area (Å²) >= 11 is 9.45. The summed E-state index contributed by atoms with van der Waals surface area (Å²) in [5, 5.41) is 12.1. The first-order valence-corrected chi connectivity index (χ1v) is 6.92. The van der Waals surface area contributed by atoms with Crippen molar-refractivity contribution in [2.75, 3.05) is 0 Å². The first-order chi connectivity index (χ1) is 9.61. The predicted molar refractivity (Wildman–Crippen MR) is 82.4 cm³/mol. The van der Waals surface area contributed by atoms with E-state index in [1.807, 2.05) is 24.3 Å². The average molecular weight is 356 g/mol. The van der Waals surface area contributed by atoms with E-state index in [-0.39, 0.29) is 5.84 Å². The number of hydrogen-bond donors (Lipinski definition) is 2. The number of hydrogen-bond acceptors (Lipinski definition) is 3. The van der Waals surface area contributed by atoms with E-state index >= 15 is 0 Å². The van der Waals surface area contributed by atoms with Gasteiger partial charge in [-0.05, 0) is 29.8 Å². The van der Waals surface area contributed by atoms with E-state index in [1.54, 1.807) is 18.2 Å². The van der Waals surface area contributed by atoms with Gasteiger partial charge in [0.15, 0.2) is 5.84 Å². The number of ether oxygens (including phenoxy) is 1. The molecular weight excluding hydrogens is 344 g/mol. The van der Waals surface area contributed by atoms with Crippen LogP contribution in [0.3, 0.4) is 0 Å². The molecule has 20 heavy (non-hydrogen) atoms. The van der Waals surface area contributed by atoms with Gasteiger partial charge in [0.1, 0.15) is 12.4 Å². The third-order valence-electron chi connectivity index (χ3n) is 2.62. The van der Waals surface area contributed by atoms with Gasteiger partial charge in [0.25, 0.3) is 0 Å². The van der Waals surface area contributed by atoms with Gasteiger partial charge in [-0.15, -0.1) is 0 Å². The van der Waals surface area contributed by atoms with E-state index < -0.39 is 0 Å². The maximum Gasteiger partial charge on any atom is 0.175 e. The van der Waals surface area contributed by atoms with Gasteiger partial charge in [-0.2, -0.15) is 0 Å². The molecule has 0 fully saturated rings. The number of nitrogens with zero attached hydrogens (tertiary/aromatic N) is 1. The van der Waals surface area contributed by atoms with Crippen molar-refractivity contribution in [1.82, 2.24) is 0 Å². The van der Waals surface area contributed by atoms with Crippen LogP contribution >= 0.6 is 27.5 Å². The van der Waals surface area contributed by atoms with Crippen molar-refractivity contribution >= 4 is 33.4 Å². The molecule has 104 valence electrons. The van der Waals surface area contributed by atoms with Crippen LogP contribution in [0.5, 0.6) is 5.75 Å². The first kappa shape index (κ1) is 14.7. The fourth-order valence-electron chi connectivity index (χ4n) is 1.71. The molecule has 0 aliphatic heterocycles. The minimum Gasteiger partial charge on any atom is -0.488 e. The Hall–Kier alpha value is -1.72. The third-order valence-corrected chi connectivity index (χ3v) is 3.43. The smallest absolute Gasteiger partial charge is 0.175 e. The fourth-order valence-corrected chi connectivity index (χ4v) is 2.42. The van der Waals surface area contributed by atoms with Gasteiger partial charge in [0.2, 0.25) is 0 Å². The second-order valence-electron chi connectivity index (χ2n) is 4.02. The van der Waals surface area contributed by atoms with Gasteiger partial charge >= 0.3 is 0 Å². The Morgan fingerprint density at radius 2 is 2.05 bits per heavy atom. The van der Waals surface area contributed by atoms with Crippen LogP contribution in [0.1, 0.15) is 11.1 Å². The molecule has 0 aliphatic rings. The maximum absolute atomic E-state index is 8.80. The normalized spacial score (nSPS) is 11.4. The Morgan fingerprint density at radius 3 is 2.75 bits per heavy atom. The molecule has 2 aromatic carbocycles. The van der Waals surface area contributed by atoms with Crippen molar-refractivity contribution in [3.63, 3.8) is 0 Å². The zero-order chi connectivity index (χ0) is 14.5. The number of benzene rings is 2. The van der Waals surface area contributed by atoms with Gasteiger partial charge < -0.3 is 15.7 Å². The van der Waals surface area contributed by atoms with Gasteiger partial charge in [0, 0.05) is 4.47 Å². The lowest BCUT2D eigenvalue weighted by Gasteiger charge is -2.12. The highest BCUT2D eigenvalue weighted by molar-refractivity contribution is 9.10. The van der Waals surface area contributed by atoms with Crippen molar-refractivity contribution in [3.05, 3.63) is 63.1 Å². The molecule has 0 unspecified atom stereocenters. The van der Waals surface area contributed by atoms with E-state index in [4.69, 9.17) is 27.3 Å². The molecule has 0 aliphatic carbocycles. The van der Waals surface area contributed by atoms with Crippen LogP contribution in [0.4, 0.5) is 0 Å². The topological polar surface area (TPSA) is 67.8 Å². The quantitative estimate of drug-likeness (QED) is 0.379. The molecule has 4 nitrogen and oxygen atoms in total. The molecule has 0 saturated carbocycles. The lowest BCUT2D eigenvalue weighted by atomic mass is 10.2. The number of oxime groups is 1. The van der Waals surface area contributed by atoms with E-state index in [0.29, 0.717) is 22.9 Å². The standard InChI is InChI=1S/C14H12BrClN2O2/c15-10-4-1-3-9(7-10)8-20-12-6-2-5-11(16)13(12)14(17)18-19/h1-7,19H,8H2,(H2,17,18). The second kappa shape index (κ2) is 6.63. The molecule has 0 atom stereocenters. The van der Waals surface area contributed by atoms with E-state index in [0.717, 1.165) is 10.0 Å². The number of rotatable bonds is 4. The molecule has 0 saturated heterocycles. The largest absolute Gasteiger partial charge is 0.488 e. The molecule has 0 bridgehead atoms. The summed E-state index contributed by atoms with van der Waals surface area (Å²) in [5.74, 6) is 0.382. The summed E-state index contributed by atoms with van der Waals surface area (Å²) in [4.78, 5) is 0. The summed E-state index contributed by atoms with van der Waals surface area (Å²) in [6.07, 6.45) is 0. The number of nitrogens with two attached hydrogens (primary N) is 1. The fraction of sp³-hybridized carbons (Fsp3) is 0.0714. The van der Waals surface area contributed by atoms with Crippen LogP contribution < -0.4 is 10.5 Å². The average Bonchev–Trinajstić information content (AvgIpc) is 2.44. The molecule has 6 heteroatoms. The third kappa shape index (κ3) is 3.43. The number of amidine groups is 1. The highest BCUT2D eigenvalue weighted by Crippen LogP contribution is 2.27. The van der Waals surface area contributed by atoms with Crippen molar-refractivity contribution < 1.29 is 9.94 Å². The summed E-state index contributed by atoms with van der Waals surface area (Å²) in [6, 6.07) is 12.9. The van der Waals surface area contributed by atoms with Crippen LogP contribution in [0.15, 0.2) is 52.1 Å². The Bertz CT molecular complexity index is 647. The van der Waals surface area contributed by atoms with Crippen LogP contribution in [-0.4, -0.2) is 11.0 Å². The first-order valence-electron chi connectivity index (χ1n) is 5.75. The lowest BCUT2D eigenvalue weighted by molar-refractivity contribution is 0.303. The summed E-state index contributed by atoms with van der Waals surface area (Å²) in [7, 11) is 0. The summed E-state index contributed by atoms with van der Waals surface area (Å²) in [6.45, 7) is 0.353. The summed E-state index contributed by atoms with van der Waals surface area (Å²) in [5.41, 5.74) is 6.99. The second-order valence-corrected chi connectivity index (χ2v) is 5.34. The monoisotopic (exact) mass is 354 g/mol. The van der Waals surface area contributed by atoms with Crippen LogP contribution in [-0.2, 0) is 6.61 Å². The van der Waals surface area contributed by atoms with E-state index in [9.17, 15) is 0 Å². The molecule has 0 heterocycles. The molecule has 2 rings (SSSR count). The molecule has 0 radical (unpaired) electrons. The minimum absolute atomic E-state index is 0.0835. The molecule has 3 N–H and O–H groups in total. The molecule has 0 spiro atoms. The highest BCUT2D eigenvalue weighted by Gasteiger charge is 2.13. The summed E-state index contributed by atoms with van der Waals surface area (Å²) < 4.78 is 6.68. The highest BCUT2D eigenvalue weighted by atomic mass is 79.9. The predicted octanol–water partition coefficient (Wildman–Crippen LogP) is 3.78. The Labute approximate surface area is 129 Å². The lowest BCUT2D eigenvalue weighted by Crippen LogP contribution is -2.15. The number of halogens is 2. The van der Waals surface area contributed by atoms with Gasteiger partial charge in [-0.3, -0.25) is 0 Å². The SMILES string of the molecule is N/C(=N/O)c1c(Cl)cccc1OCc1cccc(Br)c1. The molecule has 0 amide bonds. The van der Waals surface area contributed by atoms with Crippen LogP contribution in [0.25, 0.3) is 0 Å². The van der Waals surface area contributed by atoms with Crippen LogP contribution in [0.2, 0.25) is 5.02 Å². The van der Waals surface area contributed by atoms with E-state index in [2.05, 4.69) is 21.1 Å². The Balaban J connectivity index is 2.24. The molecular formula is C14H12BrClN2O2.